The second kappa shape index (κ2) is 2.85. The standard InChI is InChI=1S/C8H12BrN3/c1-5-7(9)12-4-3-10-6(2)8(12)11-5/h6,10H,3-4H2,1-2H3/t6-/m0/s1. The highest BCUT2D eigenvalue weighted by molar-refractivity contribution is 9.10. The number of nitrogens with zero attached hydrogens (tertiary/aromatic N) is 2. The summed E-state index contributed by atoms with van der Waals surface area (Å²) in [6, 6.07) is 0.378. The van der Waals surface area contributed by atoms with Gasteiger partial charge in [0.1, 0.15) is 10.4 Å². The van der Waals surface area contributed by atoms with Crippen LogP contribution in [-0.4, -0.2) is 16.1 Å². The average molecular weight is 230 g/mol. The molecule has 66 valence electrons. The Morgan fingerprint density at radius 2 is 2.42 bits per heavy atom. The molecule has 12 heavy (non-hydrogen) atoms. The molecule has 1 N–H and O–H groups in total. The zero-order valence-electron chi connectivity index (χ0n) is 7.26. The SMILES string of the molecule is Cc1nc2n(c1Br)CCN[C@H]2C. The fourth-order valence-electron chi connectivity index (χ4n) is 1.60. The molecule has 2 heterocycles. The van der Waals surface area contributed by atoms with Crippen LogP contribution in [0, 0.1) is 6.92 Å². The minimum Gasteiger partial charge on any atom is -0.320 e. The quantitative estimate of drug-likeness (QED) is 0.733. The van der Waals surface area contributed by atoms with Crippen molar-refractivity contribution >= 4 is 15.9 Å². The lowest BCUT2D eigenvalue weighted by Gasteiger charge is -2.21. The molecule has 0 fully saturated rings. The second-order valence-electron chi connectivity index (χ2n) is 3.17. The molecule has 1 aliphatic heterocycles. The van der Waals surface area contributed by atoms with E-state index >= 15 is 0 Å². The van der Waals surface area contributed by atoms with Gasteiger partial charge < -0.3 is 9.88 Å². The molecule has 0 unspecified atom stereocenters. The maximum Gasteiger partial charge on any atom is 0.126 e. The van der Waals surface area contributed by atoms with E-state index in [-0.39, 0.29) is 0 Å². The van der Waals surface area contributed by atoms with Crippen molar-refractivity contribution in [2.75, 3.05) is 6.54 Å². The number of imidazole rings is 1. The fraction of sp³-hybridized carbons (Fsp3) is 0.625. The van der Waals surface area contributed by atoms with E-state index < -0.39 is 0 Å². The third-order valence-corrected chi connectivity index (χ3v) is 3.27. The molecule has 0 aromatic carbocycles. The van der Waals surface area contributed by atoms with Gasteiger partial charge in [0.05, 0.1) is 11.7 Å². The first-order valence-electron chi connectivity index (χ1n) is 4.16. The third-order valence-electron chi connectivity index (χ3n) is 2.27. The van der Waals surface area contributed by atoms with E-state index in [0.29, 0.717) is 6.04 Å². The monoisotopic (exact) mass is 229 g/mol. The molecule has 0 saturated carbocycles. The third kappa shape index (κ3) is 1.10. The van der Waals surface area contributed by atoms with Gasteiger partial charge in [0.2, 0.25) is 0 Å². The van der Waals surface area contributed by atoms with E-state index in [4.69, 9.17) is 0 Å². The van der Waals surface area contributed by atoms with Crippen molar-refractivity contribution < 1.29 is 0 Å². The van der Waals surface area contributed by atoms with Gasteiger partial charge in [-0.05, 0) is 29.8 Å². The number of aryl methyl sites for hydroxylation is 1. The summed E-state index contributed by atoms with van der Waals surface area (Å²) in [5.41, 5.74) is 1.08. The van der Waals surface area contributed by atoms with Crippen molar-refractivity contribution in [2.24, 2.45) is 0 Å². The van der Waals surface area contributed by atoms with Gasteiger partial charge in [0, 0.05) is 13.1 Å². The number of rotatable bonds is 0. The Bertz CT molecular complexity index is 305. The lowest BCUT2D eigenvalue weighted by molar-refractivity contribution is 0.433. The molecule has 0 bridgehead atoms. The maximum absolute atomic E-state index is 4.49. The van der Waals surface area contributed by atoms with E-state index in [9.17, 15) is 0 Å². The van der Waals surface area contributed by atoms with Gasteiger partial charge in [-0.3, -0.25) is 0 Å². The molecular formula is C8H12BrN3. The minimum absolute atomic E-state index is 0.378. The normalized spacial score (nSPS) is 22.4. The Balaban J connectivity index is 2.52. The van der Waals surface area contributed by atoms with Crippen molar-refractivity contribution in [3.63, 3.8) is 0 Å². The van der Waals surface area contributed by atoms with Crippen LogP contribution in [0.1, 0.15) is 24.5 Å². The molecule has 4 heteroatoms. The van der Waals surface area contributed by atoms with E-state index in [1.807, 2.05) is 6.92 Å². The zero-order valence-corrected chi connectivity index (χ0v) is 8.85. The summed E-state index contributed by atoms with van der Waals surface area (Å²) in [6.07, 6.45) is 0. The highest BCUT2D eigenvalue weighted by Crippen LogP contribution is 2.24. The summed E-state index contributed by atoms with van der Waals surface area (Å²) in [7, 11) is 0. The van der Waals surface area contributed by atoms with Crippen molar-refractivity contribution in [2.45, 2.75) is 26.4 Å². The molecule has 1 aromatic rings. The molecule has 1 aliphatic rings. The van der Waals surface area contributed by atoms with Crippen LogP contribution in [0.2, 0.25) is 0 Å². The van der Waals surface area contributed by atoms with Crippen molar-refractivity contribution in [1.82, 2.24) is 14.9 Å². The molecule has 0 aliphatic carbocycles. The van der Waals surface area contributed by atoms with Gasteiger partial charge in [-0.25, -0.2) is 4.98 Å². The smallest absolute Gasteiger partial charge is 0.126 e. The highest BCUT2D eigenvalue weighted by Gasteiger charge is 2.20. The molecule has 3 nitrogen and oxygen atoms in total. The van der Waals surface area contributed by atoms with Crippen molar-refractivity contribution in [3.8, 4) is 0 Å². The Kier molecular flexibility index (Phi) is 1.96. The number of hydrogen-bond acceptors (Lipinski definition) is 2. The lowest BCUT2D eigenvalue weighted by Crippen LogP contribution is -2.31. The van der Waals surface area contributed by atoms with Crippen molar-refractivity contribution in [3.05, 3.63) is 16.1 Å². The first-order chi connectivity index (χ1) is 5.70. The van der Waals surface area contributed by atoms with E-state index in [0.717, 1.165) is 29.2 Å². The maximum atomic E-state index is 4.49. The second-order valence-corrected chi connectivity index (χ2v) is 3.92. The predicted octanol–water partition coefficient (Wildman–Crippen LogP) is 1.62. The van der Waals surface area contributed by atoms with Gasteiger partial charge in [0.25, 0.3) is 0 Å². The Morgan fingerprint density at radius 3 is 3.08 bits per heavy atom. The molecule has 1 atom stereocenters. The van der Waals surface area contributed by atoms with Gasteiger partial charge in [-0.15, -0.1) is 0 Å². The first kappa shape index (κ1) is 8.26. The molecule has 0 amide bonds. The fourth-order valence-corrected chi connectivity index (χ4v) is 2.05. The number of aromatic nitrogens is 2. The molecule has 0 radical (unpaired) electrons. The summed E-state index contributed by atoms with van der Waals surface area (Å²) in [5.74, 6) is 1.14. The topological polar surface area (TPSA) is 29.9 Å². The number of nitrogens with one attached hydrogen (secondary N) is 1. The van der Waals surface area contributed by atoms with Gasteiger partial charge >= 0.3 is 0 Å². The molecule has 0 saturated heterocycles. The summed E-state index contributed by atoms with van der Waals surface area (Å²) in [5, 5.41) is 3.37. The number of hydrogen-bond donors (Lipinski definition) is 1. The summed E-state index contributed by atoms with van der Waals surface area (Å²) < 4.78 is 3.36. The highest BCUT2D eigenvalue weighted by atomic mass is 79.9. The largest absolute Gasteiger partial charge is 0.320 e. The lowest BCUT2D eigenvalue weighted by atomic mass is 10.2. The van der Waals surface area contributed by atoms with E-state index in [1.54, 1.807) is 0 Å². The molecule has 1 aromatic heterocycles. The molecule has 0 spiro atoms. The van der Waals surface area contributed by atoms with Crippen LogP contribution in [-0.2, 0) is 6.54 Å². The Morgan fingerprint density at radius 1 is 1.67 bits per heavy atom. The minimum atomic E-state index is 0.378. The first-order valence-corrected chi connectivity index (χ1v) is 4.95. The van der Waals surface area contributed by atoms with Crippen LogP contribution >= 0.6 is 15.9 Å². The zero-order chi connectivity index (χ0) is 8.72. The average Bonchev–Trinajstić information content (AvgIpc) is 2.32. The Hall–Kier alpha value is -0.350. The molecule has 2 rings (SSSR count). The van der Waals surface area contributed by atoms with Crippen LogP contribution in [0.25, 0.3) is 0 Å². The van der Waals surface area contributed by atoms with Crippen LogP contribution in [0.5, 0.6) is 0 Å². The van der Waals surface area contributed by atoms with E-state index in [2.05, 4.69) is 37.7 Å². The van der Waals surface area contributed by atoms with Crippen LogP contribution in [0.4, 0.5) is 0 Å². The van der Waals surface area contributed by atoms with E-state index in [1.165, 1.54) is 0 Å². The van der Waals surface area contributed by atoms with Crippen LogP contribution < -0.4 is 5.32 Å². The van der Waals surface area contributed by atoms with Crippen molar-refractivity contribution in [1.29, 1.82) is 0 Å². The van der Waals surface area contributed by atoms with Crippen LogP contribution in [0.3, 0.4) is 0 Å². The van der Waals surface area contributed by atoms with Gasteiger partial charge in [-0.1, -0.05) is 0 Å². The number of halogens is 1. The molecular weight excluding hydrogens is 218 g/mol. The predicted molar refractivity (Wildman–Crippen MR) is 51.1 cm³/mol. The summed E-state index contributed by atoms with van der Waals surface area (Å²) >= 11 is 3.54. The van der Waals surface area contributed by atoms with Gasteiger partial charge in [-0.2, -0.15) is 0 Å². The summed E-state index contributed by atoms with van der Waals surface area (Å²) in [4.78, 5) is 4.49. The Labute approximate surface area is 80.3 Å². The number of fused-ring (bicyclic) bond motifs is 1. The van der Waals surface area contributed by atoms with Crippen LogP contribution in [0.15, 0.2) is 4.60 Å². The van der Waals surface area contributed by atoms with Gasteiger partial charge in [0.15, 0.2) is 0 Å². The summed E-state index contributed by atoms with van der Waals surface area (Å²) in [6.45, 7) is 6.22.